The van der Waals surface area contributed by atoms with Gasteiger partial charge in [-0.3, -0.25) is 9.59 Å². The molecule has 2 heterocycles. The average molecular weight is 366 g/mol. The van der Waals surface area contributed by atoms with Crippen molar-refractivity contribution in [3.05, 3.63) is 59.4 Å². The maximum atomic E-state index is 13.1. The number of nitrogens with zero attached hydrogens (tertiary/aromatic N) is 3. The zero-order valence-electron chi connectivity index (χ0n) is 16.1. The smallest absolute Gasteiger partial charge is 0.276 e. The van der Waals surface area contributed by atoms with Gasteiger partial charge < -0.3 is 15.5 Å². The van der Waals surface area contributed by atoms with Gasteiger partial charge in [0, 0.05) is 31.9 Å². The standard InChI is InChI=1S/C21H26N4O2/c1-14(2)12-24(3)20(26)17-8-6-9-18(23-17)21(27)25-13-16(22)11-15-7-4-5-10-19(15)25/h4-10,14,16H,11-13,22H2,1-3H3. The zero-order valence-corrected chi connectivity index (χ0v) is 16.1. The summed E-state index contributed by atoms with van der Waals surface area (Å²) in [4.78, 5) is 33.4. The van der Waals surface area contributed by atoms with Crippen LogP contribution in [0.4, 0.5) is 5.69 Å². The molecule has 3 rings (SSSR count). The first kappa shape index (κ1) is 19.0. The van der Waals surface area contributed by atoms with Gasteiger partial charge >= 0.3 is 0 Å². The molecular formula is C21H26N4O2. The van der Waals surface area contributed by atoms with E-state index in [0.717, 1.165) is 17.7 Å². The number of fused-ring (bicyclic) bond motifs is 1. The fourth-order valence-electron chi connectivity index (χ4n) is 3.46. The number of carbonyl (C=O) groups excluding carboxylic acids is 2. The topological polar surface area (TPSA) is 79.5 Å². The molecule has 0 spiro atoms. The summed E-state index contributed by atoms with van der Waals surface area (Å²) < 4.78 is 0. The predicted molar refractivity (Wildman–Crippen MR) is 106 cm³/mol. The first-order valence-corrected chi connectivity index (χ1v) is 9.24. The Morgan fingerprint density at radius 2 is 1.89 bits per heavy atom. The van der Waals surface area contributed by atoms with Crippen LogP contribution in [0.25, 0.3) is 0 Å². The zero-order chi connectivity index (χ0) is 19.6. The third kappa shape index (κ3) is 4.17. The molecule has 142 valence electrons. The number of pyridine rings is 1. The van der Waals surface area contributed by atoms with E-state index in [4.69, 9.17) is 5.73 Å². The van der Waals surface area contributed by atoms with Gasteiger partial charge in [-0.2, -0.15) is 0 Å². The van der Waals surface area contributed by atoms with Crippen molar-refractivity contribution in [2.45, 2.75) is 26.3 Å². The van der Waals surface area contributed by atoms with Gasteiger partial charge in [-0.05, 0) is 36.1 Å². The molecular weight excluding hydrogens is 340 g/mol. The normalized spacial score (nSPS) is 16.2. The number of carbonyl (C=O) groups is 2. The van der Waals surface area contributed by atoms with E-state index in [1.54, 1.807) is 35.0 Å². The molecule has 0 aliphatic carbocycles. The highest BCUT2D eigenvalue weighted by Crippen LogP contribution is 2.27. The number of anilines is 1. The maximum absolute atomic E-state index is 13.1. The van der Waals surface area contributed by atoms with Gasteiger partial charge in [0.25, 0.3) is 11.8 Å². The highest BCUT2D eigenvalue weighted by molar-refractivity contribution is 6.06. The Hall–Kier alpha value is -2.73. The van der Waals surface area contributed by atoms with E-state index >= 15 is 0 Å². The molecule has 1 aliphatic heterocycles. The van der Waals surface area contributed by atoms with Gasteiger partial charge in [-0.25, -0.2) is 4.98 Å². The molecule has 1 aromatic carbocycles. The second-order valence-electron chi connectivity index (χ2n) is 7.50. The Morgan fingerprint density at radius 3 is 2.63 bits per heavy atom. The Labute approximate surface area is 160 Å². The minimum absolute atomic E-state index is 0.120. The van der Waals surface area contributed by atoms with Crippen molar-refractivity contribution in [3.8, 4) is 0 Å². The first-order chi connectivity index (χ1) is 12.9. The van der Waals surface area contributed by atoms with Gasteiger partial charge in [0.1, 0.15) is 11.4 Å². The Morgan fingerprint density at radius 1 is 1.19 bits per heavy atom. The lowest BCUT2D eigenvalue weighted by atomic mass is 9.98. The minimum Gasteiger partial charge on any atom is -0.340 e. The third-order valence-electron chi connectivity index (χ3n) is 4.60. The SMILES string of the molecule is CC(C)CN(C)C(=O)c1cccc(C(=O)N2CC(N)Cc3ccccc32)n1. The lowest BCUT2D eigenvalue weighted by Crippen LogP contribution is -2.46. The van der Waals surface area contributed by atoms with Crippen LogP contribution >= 0.6 is 0 Å². The van der Waals surface area contributed by atoms with Gasteiger partial charge in [-0.15, -0.1) is 0 Å². The highest BCUT2D eigenvalue weighted by Gasteiger charge is 2.28. The lowest BCUT2D eigenvalue weighted by Gasteiger charge is -2.32. The maximum Gasteiger partial charge on any atom is 0.276 e. The van der Waals surface area contributed by atoms with Crippen LogP contribution in [0.15, 0.2) is 42.5 Å². The molecule has 6 nitrogen and oxygen atoms in total. The molecule has 1 aromatic heterocycles. The van der Waals surface area contributed by atoms with Crippen molar-refractivity contribution < 1.29 is 9.59 Å². The lowest BCUT2D eigenvalue weighted by molar-refractivity contribution is 0.0773. The number of hydrogen-bond donors (Lipinski definition) is 1. The highest BCUT2D eigenvalue weighted by atomic mass is 16.2. The molecule has 0 saturated carbocycles. The number of benzene rings is 1. The summed E-state index contributed by atoms with van der Waals surface area (Å²) in [5.74, 6) is -0.0667. The van der Waals surface area contributed by atoms with Crippen LogP contribution in [0.2, 0.25) is 0 Å². The van der Waals surface area contributed by atoms with Crippen LogP contribution < -0.4 is 10.6 Å². The van der Waals surface area contributed by atoms with E-state index in [9.17, 15) is 9.59 Å². The van der Waals surface area contributed by atoms with Gasteiger partial charge in [0.15, 0.2) is 0 Å². The summed E-state index contributed by atoms with van der Waals surface area (Å²) in [6.45, 7) is 5.17. The Bertz CT molecular complexity index is 850. The quantitative estimate of drug-likeness (QED) is 0.901. The number of nitrogens with two attached hydrogens (primary N) is 1. The van der Waals surface area contributed by atoms with Crippen LogP contribution in [-0.4, -0.2) is 47.9 Å². The largest absolute Gasteiger partial charge is 0.340 e. The second-order valence-corrected chi connectivity index (χ2v) is 7.50. The summed E-state index contributed by atoms with van der Waals surface area (Å²) >= 11 is 0. The van der Waals surface area contributed by atoms with Crippen molar-refractivity contribution in [3.63, 3.8) is 0 Å². The summed E-state index contributed by atoms with van der Waals surface area (Å²) in [5, 5.41) is 0. The summed E-state index contributed by atoms with van der Waals surface area (Å²) in [7, 11) is 1.75. The molecule has 0 fully saturated rings. The van der Waals surface area contributed by atoms with Gasteiger partial charge in [0.05, 0.1) is 0 Å². The third-order valence-corrected chi connectivity index (χ3v) is 4.60. The van der Waals surface area contributed by atoms with Crippen molar-refractivity contribution >= 4 is 17.5 Å². The Kier molecular flexibility index (Phi) is 5.56. The molecule has 1 unspecified atom stereocenters. The van der Waals surface area contributed by atoms with E-state index in [1.807, 2.05) is 38.1 Å². The van der Waals surface area contributed by atoms with Gasteiger partial charge in [0.2, 0.25) is 0 Å². The molecule has 2 aromatic rings. The van der Waals surface area contributed by atoms with Crippen LogP contribution in [-0.2, 0) is 6.42 Å². The summed E-state index contributed by atoms with van der Waals surface area (Å²) in [5.41, 5.74) is 8.58. The number of rotatable bonds is 4. The number of hydrogen-bond acceptors (Lipinski definition) is 4. The molecule has 0 radical (unpaired) electrons. The summed E-state index contributed by atoms with van der Waals surface area (Å²) in [6.07, 6.45) is 0.742. The Balaban J connectivity index is 1.87. The van der Waals surface area contributed by atoms with Crippen molar-refractivity contribution in [2.75, 3.05) is 25.0 Å². The van der Waals surface area contributed by atoms with Crippen LogP contribution in [0.3, 0.4) is 0 Å². The summed E-state index contributed by atoms with van der Waals surface area (Å²) in [6, 6.07) is 12.6. The van der Waals surface area contributed by atoms with E-state index in [-0.39, 0.29) is 29.2 Å². The second kappa shape index (κ2) is 7.88. The minimum atomic E-state index is -0.237. The average Bonchev–Trinajstić information content (AvgIpc) is 2.65. The van der Waals surface area contributed by atoms with E-state index < -0.39 is 0 Å². The van der Waals surface area contributed by atoms with Crippen LogP contribution in [0.5, 0.6) is 0 Å². The fraction of sp³-hybridized carbons (Fsp3) is 0.381. The van der Waals surface area contributed by atoms with E-state index in [1.165, 1.54) is 0 Å². The molecule has 0 saturated heterocycles. The fourth-order valence-corrected chi connectivity index (χ4v) is 3.46. The molecule has 0 bridgehead atoms. The monoisotopic (exact) mass is 366 g/mol. The predicted octanol–water partition coefficient (Wildman–Crippen LogP) is 2.34. The molecule has 1 atom stereocenters. The van der Waals surface area contributed by atoms with E-state index in [2.05, 4.69) is 4.98 Å². The molecule has 6 heteroatoms. The number of para-hydroxylation sites is 1. The molecule has 1 aliphatic rings. The van der Waals surface area contributed by atoms with Crippen molar-refractivity contribution in [1.29, 1.82) is 0 Å². The van der Waals surface area contributed by atoms with Crippen molar-refractivity contribution in [2.24, 2.45) is 11.7 Å². The molecule has 2 N–H and O–H groups in total. The molecule has 2 amide bonds. The van der Waals surface area contributed by atoms with Gasteiger partial charge in [-0.1, -0.05) is 38.1 Å². The molecule has 27 heavy (non-hydrogen) atoms. The van der Waals surface area contributed by atoms with Crippen LogP contribution in [0.1, 0.15) is 40.4 Å². The van der Waals surface area contributed by atoms with Crippen molar-refractivity contribution in [1.82, 2.24) is 9.88 Å². The number of aromatic nitrogens is 1. The van der Waals surface area contributed by atoms with E-state index in [0.29, 0.717) is 19.0 Å². The van der Waals surface area contributed by atoms with Crippen LogP contribution in [0, 0.1) is 5.92 Å². The number of amides is 2. The first-order valence-electron chi connectivity index (χ1n) is 9.24.